The molecule has 8 heteroatoms. The molecule has 8 nitrogen and oxygen atoms in total. The van der Waals surface area contributed by atoms with Crippen molar-refractivity contribution in [3.8, 4) is 0 Å². The van der Waals surface area contributed by atoms with Gasteiger partial charge in [0.1, 0.15) is 13.1 Å². The summed E-state index contributed by atoms with van der Waals surface area (Å²) in [5.74, 6) is -2.43. The zero-order valence-corrected chi connectivity index (χ0v) is 12.2. The quantitative estimate of drug-likeness (QED) is 0.612. The number of amides is 2. The third kappa shape index (κ3) is 5.58. The van der Waals surface area contributed by atoms with Crippen LogP contribution >= 0.6 is 0 Å². The maximum atomic E-state index is 12.5. The highest BCUT2D eigenvalue weighted by molar-refractivity contribution is 5.84. The van der Waals surface area contributed by atoms with Gasteiger partial charge >= 0.3 is 18.0 Å². The molecule has 1 saturated heterocycles. The summed E-state index contributed by atoms with van der Waals surface area (Å²) in [5, 5.41) is 20.9. The van der Waals surface area contributed by atoms with E-state index in [1.54, 1.807) is 4.90 Å². The van der Waals surface area contributed by atoms with E-state index in [1.165, 1.54) is 0 Å². The number of nitrogens with zero attached hydrogens (tertiary/aromatic N) is 2. The summed E-state index contributed by atoms with van der Waals surface area (Å²) in [6.45, 7) is 2.83. The van der Waals surface area contributed by atoms with E-state index in [4.69, 9.17) is 10.2 Å². The van der Waals surface area contributed by atoms with E-state index in [9.17, 15) is 14.4 Å². The minimum absolute atomic E-state index is 0.0313. The lowest BCUT2D eigenvalue weighted by molar-refractivity contribution is -0.140. The third-order valence-corrected chi connectivity index (χ3v) is 3.38. The number of carbonyl (C=O) groups is 3. The Bertz CT molecular complexity index is 366. The summed E-state index contributed by atoms with van der Waals surface area (Å²) in [6, 6.07) is -0.475. The van der Waals surface area contributed by atoms with Gasteiger partial charge < -0.3 is 25.3 Å². The average Bonchev–Trinajstić information content (AvgIpc) is 2.43. The predicted octanol–water partition coefficient (Wildman–Crippen LogP) is 0.0416. The highest BCUT2D eigenvalue weighted by Gasteiger charge is 2.30. The van der Waals surface area contributed by atoms with Crippen molar-refractivity contribution >= 4 is 18.0 Å². The lowest BCUT2D eigenvalue weighted by atomic mass is 10.0. The van der Waals surface area contributed by atoms with Crippen molar-refractivity contribution in [1.82, 2.24) is 15.1 Å². The predicted molar refractivity (Wildman–Crippen MR) is 75.1 cm³/mol. The summed E-state index contributed by atoms with van der Waals surface area (Å²) in [6.07, 6.45) is 2.32. The van der Waals surface area contributed by atoms with Crippen LogP contribution in [0.1, 0.15) is 26.2 Å². The number of aliphatic carboxylic acids is 2. The fourth-order valence-electron chi connectivity index (χ4n) is 2.49. The highest BCUT2D eigenvalue weighted by atomic mass is 16.4. The number of piperidine rings is 1. The van der Waals surface area contributed by atoms with Crippen molar-refractivity contribution in [2.75, 3.05) is 32.7 Å². The van der Waals surface area contributed by atoms with E-state index in [0.29, 0.717) is 6.54 Å². The molecular formula is C13H23N3O5. The normalized spacial score (nSPS) is 15.5. The molecule has 1 fully saturated rings. The topological polar surface area (TPSA) is 110 Å². The first kappa shape index (κ1) is 17.2. The molecule has 0 saturated carbocycles. The molecule has 0 aliphatic carbocycles. The largest absolute Gasteiger partial charge is 0.480 e. The Morgan fingerprint density at radius 2 is 1.62 bits per heavy atom. The number of carboxylic acid groups (broad SMARTS) is 2. The number of carbonyl (C=O) groups excluding carboxylic acids is 1. The zero-order valence-electron chi connectivity index (χ0n) is 12.2. The molecule has 0 aromatic rings. The van der Waals surface area contributed by atoms with Gasteiger partial charge in [-0.2, -0.15) is 0 Å². The molecule has 0 radical (unpaired) electrons. The molecule has 120 valence electrons. The van der Waals surface area contributed by atoms with Crippen molar-refractivity contribution in [3.05, 3.63) is 0 Å². The van der Waals surface area contributed by atoms with Gasteiger partial charge in [0.15, 0.2) is 0 Å². The molecule has 1 heterocycles. The van der Waals surface area contributed by atoms with Crippen LogP contribution in [0.3, 0.4) is 0 Å². The Morgan fingerprint density at radius 3 is 2.05 bits per heavy atom. The molecule has 3 N–H and O–H groups in total. The first-order valence-electron chi connectivity index (χ1n) is 7.15. The summed E-state index contributed by atoms with van der Waals surface area (Å²) in [7, 11) is 0. The second-order valence-corrected chi connectivity index (χ2v) is 5.10. The Morgan fingerprint density at radius 1 is 1.10 bits per heavy atom. The van der Waals surface area contributed by atoms with E-state index in [1.807, 2.05) is 6.92 Å². The van der Waals surface area contributed by atoms with Gasteiger partial charge in [-0.05, 0) is 32.4 Å². The molecule has 0 spiro atoms. The van der Waals surface area contributed by atoms with Crippen LogP contribution in [-0.2, 0) is 9.59 Å². The minimum Gasteiger partial charge on any atom is -0.480 e. The molecule has 21 heavy (non-hydrogen) atoms. The van der Waals surface area contributed by atoms with Gasteiger partial charge in [-0.25, -0.2) is 4.79 Å². The van der Waals surface area contributed by atoms with Gasteiger partial charge in [0, 0.05) is 12.6 Å². The first-order valence-corrected chi connectivity index (χ1v) is 7.15. The Kier molecular flexibility index (Phi) is 6.93. The van der Waals surface area contributed by atoms with E-state index >= 15 is 0 Å². The van der Waals surface area contributed by atoms with E-state index in [-0.39, 0.29) is 6.04 Å². The average molecular weight is 301 g/mol. The lowest BCUT2D eigenvalue weighted by Crippen LogP contribution is -2.53. The van der Waals surface area contributed by atoms with Crippen LogP contribution in [-0.4, -0.2) is 76.7 Å². The van der Waals surface area contributed by atoms with Gasteiger partial charge in [-0.15, -0.1) is 0 Å². The van der Waals surface area contributed by atoms with Gasteiger partial charge in [0.25, 0.3) is 0 Å². The summed E-state index contributed by atoms with van der Waals surface area (Å²) in [4.78, 5) is 36.7. The van der Waals surface area contributed by atoms with E-state index in [0.717, 1.165) is 37.3 Å². The Balaban J connectivity index is 2.82. The minimum atomic E-state index is -1.22. The van der Waals surface area contributed by atoms with Crippen molar-refractivity contribution < 1.29 is 24.6 Å². The number of rotatable bonds is 7. The van der Waals surface area contributed by atoms with Crippen LogP contribution in [0, 0.1) is 0 Å². The Labute approximate surface area is 123 Å². The number of urea groups is 1. The van der Waals surface area contributed by atoms with Crippen molar-refractivity contribution in [3.63, 3.8) is 0 Å². The molecule has 2 amide bonds. The third-order valence-electron chi connectivity index (χ3n) is 3.38. The molecule has 0 unspecified atom stereocenters. The molecule has 0 atom stereocenters. The summed E-state index contributed by atoms with van der Waals surface area (Å²) in [5.41, 5.74) is 0. The molecule has 0 bridgehead atoms. The van der Waals surface area contributed by atoms with E-state index in [2.05, 4.69) is 5.32 Å². The lowest BCUT2D eigenvalue weighted by Gasteiger charge is -2.37. The fraction of sp³-hybridized carbons (Fsp3) is 0.769. The Hall–Kier alpha value is -1.83. The smallest absolute Gasteiger partial charge is 0.323 e. The van der Waals surface area contributed by atoms with Crippen LogP contribution in [0.2, 0.25) is 0 Å². The highest BCUT2D eigenvalue weighted by Crippen LogP contribution is 2.15. The fourth-order valence-corrected chi connectivity index (χ4v) is 2.49. The van der Waals surface area contributed by atoms with Crippen molar-refractivity contribution in [1.29, 1.82) is 0 Å². The maximum Gasteiger partial charge on any atom is 0.323 e. The molecule has 1 aliphatic rings. The van der Waals surface area contributed by atoms with Crippen LogP contribution in [0.25, 0.3) is 0 Å². The molecule has 1 aliphatic heterocycles. The monoisotopic (exact) mass is 301 g/mol. The first-order chi connectivity index (χ1) is 9.95. The summed E-state index contributed by atoms with van der Waals surface area (Å²) < 4.78 is 0. The second-order valence-electron chi connectivity index (χ2n) is 5.10. The van der Waals surface area contributed by atoms with Gasteiger partial charge in [0.05, 0.1) is 0 Å². The van der Waals surface area contributed by atoms with Crippen LogP contribution in [0.15, 0.2) is 0 Å². The van der Waals surface area contributed by atoms with Crippen molar-refractivity contribution in [2.24, 2.45) is 0 Å². The maximum absolute atomic E-state index is 12.5. The zero-order chi connectivity index (χ0) is 15.8. The van der Waals surface area contributed by atoms with Crippen LogP contribution < -0.4 is 5.32 Å². The molecule has 0 aromatic heterocycles. The van der Waals surface area contributed by atoms with Crippen LogP contribution in [0.5, 0.6) is 0 Å². The molecule has 1 rings (SSSR count). The number of carboxylic acids is 2. The second kappa shape index (κ2) is 8.46. The van der Waals surface area contributed by atoms with Gasteiger partial charge in [-0.3, -0.25) is 9.59 Å². The van der Waals surface area contributed by atoms with Crippen molar-refractivity contribution in [2.45, 2.75) is 32.2 Å². The molecule has 0 aromatic carbocycles. The van der Waals surface area contributed by atoms with Gasteiger partial charge in [-0.1, -0.05) is 6.92 Å². The van der Waals surface area contributed by atoms with Gasteiger partial charge in [0.2, 0.25) is 0 Å². The standard InChI is InChI=1S/C13H23N3O5/c1-2-7-16(10-3-5-14-6-4-10)13(21)15(8-11(17)18)9-12(19)20/h10,14H,2-9H2,1H3,(H,17,18)(H,19,20). The number of hydrogen-bond donors (Lipinski definition) is 3. The summed E-state index contributed by atoms with van der Waals surface area (Å²) >= 11 is 0. The molecular weight excluding hydrogens is 278 g/mol. The van der Waals surface area contributed by atoms with E-state index < -0.39 is 31.1 Å². The number of hydrogen-bond acceptors (Lipinski definition) is 4. The number of nitrogens with one attached hydrogen (secondary N) is 1. The van der Waals surface area contributed by atoms with Crippen LogP contribution in [0.4, 0.5) is 4.79 Å². The SMILES string of the molecule is CCCN(C(=O)N(CC(=O)O)CC(=O)O)C1CCNCC1.